The topological polar surface area (TPSA) is 145 Å². The fraction of sp³-hybridized carbons (Fsp3) is 0.447. The molecule has 3 amide bonds. The van der Waals surface area contributed by atoms with Gasteiger partial charge in [0.1, 0.15) is 17.7 Å². The minimum absolute atomic E-state index is 0.00827. The second kappa shape index (κ2) is 14.7. The van der Waals surface area contributed by atoms with E-state index in [1.807, 2.05) is 51.9 Å². The van der Waals surface area contributed by atoms with Gasteiger partial charge < -0.3 is 30.2 Å². The van der Waals surface area contributed by atoms with Gasteiger partial charge in [0.2, 0.25) is 11.8 Å². The maximum Gasteiger partial charge on any atom is 0.407 e. The van der Waals surface area contributed by atoms with Gasteiger partial charge in [0.15, 0.2) is 0 Å². The molecule has 0 radical (unpaired) electrons. The Morgan fingerprint density at radius 1 is 0.816 bits per heavy atom. The highest BCUT2D eigenvalue weighted by atomic mass is 16.5. The minimum Gasteiger partial charge on any atom is -0.453 e. The predicted molar refractivity (Wildman–Crippen MR) is 190 cm³/mol. The number of rotatable bonds is 10. The van der Waals surface area contributed by atoms with Crippen LogP contribution in [0, 0.1) is 17.3 Å². The Hall–Kier alpha value is -4.93. The van der Waals surface area contributed by atoms with Crippen LogP contribution in [0.1, 0.15) is 85.0 Å². The van der Waals surface area contributed by atoms with Crippen molar-refractivity contribution in [2.45, 2.75) is 79.4 Å². The molecule has 260 valence electrons. The normalized spacial score (nSPS) is 16.1. The lowest BCUT2D eigenvalue weighted by Gasteiger charge is -2.30. The van der Waals surface area contributed by atoms with Gasteiger partial charge in [-0.15, -0.1) is 0 Å². The van der Waals surface area contributed by atoms with Crippen LogP contribution in [0.4, 0.5) is 4.79 Å². The number of nitrogens with one attached hydrogen (secondary N) is 4. The summed E-state index contributed by atoms with van der Waals surface area (Å²) < 4.78 is 4.75. The molecule has 1 aliphatic heterocycles. The molecule has 2 aromatic carbocycles. The van der Waals surface area contributed by atoms with Crippen molar-refractivity contribution in [1.82, 2.24) is 35.5 Å². The molecule has 4 aromatic rings. The van der Waals surface area contributed by atoms with Crippen LogP contribution >= 0.6 is 0 Å². The summed E-state index contributed by atoms with van der Waals surface area (Å²) in [7, 11) is 1.29. The molecule has 5 rings (SSSR count). The summed E-state index contributed by atoms with van der Waals surface area (Å²) in [5, 5.41) is 5.84. The zero-order valence-electron chi connectivity index (χ0n) is 29.8. The molecule has 0 saturated carbocycles. The molecule has 3 atom stereocenters. The number of amides is 3. The average Bonchev–Trinajstić information content (AvgIpc) is 3.86. The summed E-state index contributed by atoms with van der Waals surface area (Å²) in [6, 6.07) is 15.5. The van der Waals surface area contributed by atoms with Crippen LogP contribution in [0.5, 0.6) is 0 Å². The maximum atomic E-state index is 13.5. The standard InChI is InChI=1S/C38H49N7O4/c1-22(2)31(43-36(47)38(5,6)7)34-40-21-29(42-34)27-17-13-25(14-18-27)24-11-15-26(16-12-24)28-20-39-33(41-28)30-10-9-19-45(30)35(46)32(23(3)4)44-37(48)49-8/h11-18,20-23,30-32H,9-10,19H2,1-8H3,(H,39,41)(H,40,42)(H,43,47)(H,44,48)/t30-,31-,32-/m0/s1. The molecule has 49 heavy (non-hydrogen) atoms. The third-order valence-corrected chi connectivity index (χ3v) is 9.09. The molecule has 11 heteroatoms. The van der Waals surface area contributed by atoms with Gasteiger partial charge in [-0.3, -0.25) is 9.59 Å². The Balaban J connectivity index is 1.26. The number of carbonyl (C=O) groups excluding carboxylic acids is 3. The van der Waals surface area contributed by atoms with Gasteiger partial charge >= 0.3 is 6.09 Å². The van der Waals surface area contributed by atoms with Crippen molar-refractivity contribution in [1.29, 1.82) is 0 Å². The van der Waals surface area contributed by atoms with Crippen LogP contribution in [0.25, 0.3) is 33.6 Å². The minimum atomic E-state index is -0.675. The monoisotopic (exact) mass is 667 g/mol. The summed E-state index contributed by atoms with van der Waals surface area (Å²) in [6.45, 7) is 14.3. The Labute approximate surface area is 288 Å². The molecule has 0 spiro atoms. The molecule has 1 fully saturated rings. The van der Waals surface area contributed by atoms with Crippen LogP contribution in [-0.4, -0.2) is 62.4 Å². The molecule has 4 N–H and O–H groups in total. The number of hydrogen-bond acceptors (Lipinski definition) is 6. The number of hydrogen-bond donors (Lipinski definition) is 4. The van der Waals surface area contributed by atoms with Crippen LogP contribution in [0.15, 0.2) is 60.9 Å². The molecule has 3 heterocycles. The smallest absolute Gasteiger partial charge is 0.407 e. The summed E-state index contributed by atoms with van der Waals surface area (Å²) in [6.07, 6.45) is 4.66. The van der Waals surface area contributed by atoms with Crippen molar-refractivity contribution < 1.29 is 19.1 Å². The Bertz CT molecular complexity index is 1750. The summed E-state index contributed by atoms with van der Waals surface area (Å²) in [5.74, 6) is 1.42. The Kier molecular flexibility index (Phi) is 10.6. The number of imidazole rings is 2. The molecule has 0 unspecified atom stereocenters. The van der Waals surface area contributed by atoms with Gasteiger partial charge in [0, 0.05) is 12.0 Å². The number of ether oxygens (including phenoxy) is 1. The number of likely N-dealkylation sites (tertiary alicyclic amines) is 1. The lowest BCUT2D eigenvalue weighted by molar-refractivity contribution is -0.135. The molecular weight excluding hydrogens is 618 g/mol. The van der Waals surface area contributed by atoms with Gasteiger partial charge in [-0.2, -0.15) is 0 Å². The number of nitrogens with zero attached hydrogens (tertiary/aromatic N) is 3. The third-order valence-electron chi connectivity index (χ3n) is 9.09. The van der Waals surface area contributed by atoms with Crippen LogP contribution in [0.3, 0.4) is 0 Å². The lowest BCUT2D eigenvalue weighted by atomic mass is 9.94. The van der Waals surface area contributed by atoms with E-state index in [9.17, 15) is 14.4 Å². The fourth-order valence-electron chi connectivity index (χ4n) is 6.08. The van der Waals surface area contributed by atoms with E-state index in [1.54, 1.807) is 0 Å². The SMILES string of the molecule is COC(=O)N[C@H](C(=O)N1CCC[C@H]1c1ncc(-c2ccc(-c3ccc(-c4cnc([C@@H](NC(=O)C(C)(C)C)C(C)C)[nH]4)cc3)cc2)[nH]1)C(C)C. The lowest BCUT2D eigenvalue weighted by Crippen LogP contribution is -2.51. The zero-order chi connectivity index (χ0) is 35.5. The summed E-state index contributed by atoms with van der Waals surface area (Å²) in [4.78, 5) is 56.0. The van der Waals surface area contributed by atoms with Crippen molar-refractivity contribution in [3.63, 3.8) is 0 Å². The number of methoxy groups -OCH3 is 1. The summed E-state index contributed by atoms with van der Waals surface area (Å²) >= 11 is 0. The van der Waals surface area contributed by atoms with E-state index in [1.165, 1.54) is 7.11 Å². The fourth-order valence-corrected chi connectivity index (χ4v) is 6.08. The van der Waals surface area contributed by atoms with Crippen molar-refractivity contribution in [3.8, 4) is 33.6 Å². The number of aromatic amines is 2. The molecule has 1 aliphatic rings. The highest BCUT2D eigenvalue weighted by Crippen LogP contribution is 2.33. The first-order valence-corrected chi connectivity index (χ1v) is 17.0. The van der Waals surface area contributed by atoms with E-state index in [0.29, 0.717) is 6.54 Å². The van der Waals surface area contributed by atoms with Gasteiger partial charge in [-0.05, 0) is 46.9 Å². The van der Waals surface area contributed by atoms with E-state index in [4.69, 9.17) is 4.74 Å². The van der Waals surface area contributed by atoms with Crippen molar-refractivity contribution in [2.75, 3.05) is 13.7 Å². The van der Waals surface area contributed by atoms with Crippen molar-refractivity contribution >= 4 is 17.9 Å². The molecule has 0 bridgehead atoms. The first-order valence-electron chi connectivity index (χ1n) is 17.0. The van der Waals surface area contributed by atoms with E-state index in [0.717, 1.165) is 58.1 Å². The molecule has 1 saturated heterocycles. The van der Waals surface area contributed by atoms with Gasteiger partial charge in [-0.25, -0.2) is 14.8 Å². The number of alkyl carbamates (subject to hydrolysis) is 1. The van der Waals surface area contributed by atoms with Crippen LogP contribution in [-0.2, 0) is 14.3 Å². The molecule has 11 nitrogen and oxygen atoms in total. The van der Waals surface area contributed by atoms with E-state index >= 15 is 0 Å². The van der Waals surface area contributed by atoms with Crippen LogP contribution in [0.2, 0.25) is 0 Å². The molecule has 2 aromatic heterocycles. The highest BCUT2D eigenvalue weighted by Gasteiger charge is 2.37. The second-order valence-electron chi connectivity index (χ2n) is 14.5. The maximum absolute atomic E-state index is 13.5. The number of aromatic nitrogens is 4. The Morgan fingerprint density at radius 2 is 1.37 bits per heavy atom. The van der Waals surface area contributed by atoms with E-state index in [2.05, 4.69) is 92.9 Å². The number of benzene rings is 2. The summed E-state index contributed by atoms with van der Waals surface area (Å²) in [5.41, 5.74) is 5.44. The van der Waals surface area contributed by atoms with Crippen molar-refractivity contribution in [2.24, 2.45) is 17.3 Å². The first kappa shape index (κ1) is 35.4. The third kappa shape index (κ3) is 8.04. The van der Waals surface area contributed by atoms with E-state index in [-0.39, 0.29) is 35.7 Å². The molecule has 0 aliphatic carbocycles. The second-order valence-corrected chi connectivity index (χ2v) is 14.5. The first-order chi connectivity index (χ1) is 23.3. The van der Waals surface area contributed by atoms with Crippen LogP contribution < -0.4 is 10.6 Å². The van der Waals surface area contributed by atoms with Gasteiger partial charge in [0.25, 0.3) is 0 Å². The molecular formula is C38H49N7O4. The van der Waals surface area contributed by atoms with Gasteiger partial charge in [0.05, 0.1) is 43.0 Å². The number of H-pyrrole nitrogens is 2. The Morgan fingerprint density at radius 3 is 1.90 bits per heavy atom. The largest absolute Gasteiger partial charge is 0.453 e. The zero-order valence-corrected chi connectivity index (χ0v) is 29.8. The quantitative estimate of drug-likeness (QED) is 0.143. The predicted octanol–water partition coefficient (Wildman–Crippen LogP) is 7.04. The highest BCUT2D eigenvalue weighted by molar-refractivity contribution is 5.86. The van der Waals surface area contributed by atoms with Crippen molar-refractivity contribution in [3.05, 3.63) is 72.6 Å². The number of carbonyl (C=O) groups is 3. The average molecular weight is 668 g/mol. The van der Waals surface area contributed by atoms with E-state index < -0.39 is 17.6 Å². The van der Waals surface area contributed by atoms with Gasteiger partial charge in [-0.1, -0.05) is 97.0 Å².